The summed E-state index contributed by atoms with van der Waals surface area (Å²) in [5.74, 6) is 0.165. The fourth-order valence-corrected chi connectivity index (χ4v) is 2.69. The number of amides is 2. The summed E-state index contributed by atoms with van der Waals surface area (Å²) < 4.78 is 0. The van der Waals surface area contributed by atoms with E-state index in [1.165, 1.54) is 0 Å². The molecule has 0 bridgehead atoms. The zero-order valence-electron chi connectivity index (χ0n) is 13.6. The lowest BCUT2D eigenvalue weighted by Crippen LogP contribution is -2.43. The Labute approximate surface area is 132 Å². The van der Waals surface area contributed by atoms with Gasteiger partial charge in [-0.15, -0.1) is 0 Å². The molecule has 1 aliphatic rings. The highest BCUT2D eigenvalue weighted by Gasteiger charge is 2.26. The molecular weight excluding hydrogens is 278 g/mol. The van der Waals surface area contributed by atoms with Crippen LogP contribution in [0.1, 0.15) is 35.7 Å². The summed E-state index contributed by atoms with van der Waals surface area (Å²) in [5.41, 5.74) is 1.71. The summed E-state index contributed by atoms with van der Waals surface area (Å²) in [5, 5.41) is 3.25. The molecule has 1 unspecified atom stereocenters. The largest absolute Gasteiger partial charge is 0.345 e. The van der Waals surface area contributed by atoms with E-state index >= 15 is 0 Å². The third kappa shape index (κ3) is 3.85. The van der Waals surface area contributed by atoms with Crippen LogP contribution in [0.25, 0.3) is 0 Å². The molecule has 0 saturated carbocycles. The number of hydrogen-bond donors (Lipinski definition) is 1. The Hall–Kier alpha value is -1.88. The molecule has 1 N–H and O–H groups in total. The number of carbonyl (C=O) groups is 2. The Bertz CT molecular complexity index is 519. The summed E-state index contributed by atoms with van der Waals surface area (Å²) in [6.45, 7) is 4.20. The smallest absolute Gasteiger partial charge is 0.253 e. The minimum atomic E-state index is -0.0328. The Morgan fingerprint density at radius 2 is 1.91 bits per heavy atom. The molecule has 0 aromatic heterocycles. The van der Waals surface area contributed by atoms with E-state index in [9.17, 15) is 9.59 Å². The first-order valence-electron chi connectivity index (χ1n) is 7.85. The van der Waals surface area contributed by atoms with Crippen molar-refractivity contribution in [3.63, 3.8) is 0 Å². The van der Waals surface area contributed by atoms with E-state index in [0.717, 1.165) is 24.9 Å². The van der Waals surface area contributed by atoms with E-state index < -0.39 is 0 Å². The average molecular weight is 303 g/mol. The maximum absolute atomic E-state index is 12.4. The molecule has 5 heteroatoms. The number of hydrogen-bond acceptors (Lipinski definition) is 3. The molecule has 2 rings (SSSR count). The van der Waals surface area contributed by atoms with E-state index in [1.807, 2.05) is 36.1 Å². The molecule has 1 aliphatic heterocycles. The van der Waals surface area contributed by atoms with E-state index in [-0.39, 0.29) is 17.9 Å². The quantitative estimate of drug-likeness (QED) is 0.896. The van der Waals surface area contributed by atoms with Crippen molar-refractivity contribution in [3.05, 3.63) is 35.4 Å². The standard InChI is InChI=1S/C17H25N3O2/c1-4-20(17(22)15-6-5-11-18-15)12-13-7-9-14(10-8-13)16(21)19(2)3/h7-10,15,18H,4-6,11-12H2,1-3H3. The predicted molar refractivity (Wildman–Crippen MR) is 86.6 cm³/mol. The molecule has 0 spiro atoms. The molecule has 22 heavy (non-hydrogen) atoms. The number of rotatable bonds is 5. The number of nitrogens with one attached hydrogen (secondary N) is 1. The molecule has 1 aromatic rings. The molecule has 1 heterocycles. The van der Waals surface area contributed by atoms with Crippen molar-refractivity contribution >= 4 is 11.8 Å². The predicted octanol–water partition coefficient (Wildman–Crippen LogP) is 1.49. The van der Waals surface area contributed by atoms with Crippen LogP contribution in [0.2, 0.25) is 0 Å². The zero-order chi connectivity index (χ0) is 16.1. The Morgan fingerprint density at radius 3 is 2.41 bits per heavy atom. The minimum absolute atomic E-state index is 0.00914. The van der Waals surface area contributed by atoms with Crippen LogP contribution in [0, 0.1) is 0 Å². The number of benzene rings is 1. The second-order valence-electron chi connectivity index (χ2n) is 5.90. The van der Waals surface area contributed by atoms with Crippen LogP contribution in [-0.2, 0) is 11.3 Å². The van der Waals surface area contributed by atoms with Gasteiger partial charge in [0.2, 0.25) is 5.91 Å². The first kappa shape index (κ1) is 16.5. The van der Waals surface area contributed by atoms with Crippen molar-refractivity contribution in [3.8, 4) is 0 Å². The van der Waals surface area contributed by atoms with Crippen LogP contribution < -0.4 is 5.32 Å². The highest BCUT2D eigenvalue weighted by Crippen LogP contribution is 2.13. The van der Waals surface area contributed by atoms with Gasteiger partial charge in [-0.1, -0.05) is 12.1 Å². The van der Waals surface area contributed by atoms with Gasteiger partial charge in [0.25, 0.3) is 5.91 Å². The molecular formula is C17H25N3O2. The number of nitrogens with zero attached hydrogens (tertiary/aromatic N) is 2. The Kier molecular flexibility index (Phi) is 5.55. The summed E-state index contributed by atoms with van der Waals surface area (Å²) in [7, 11) is 3.48. The van der Waals surface area contributed by atoms with Gasteiger partial charge in [-0.25, -0.2) is 0 Å². The molecule has 0 radical (unpaired) electrons. The zero-order valence-corrected chi connectivity index (χ0v) is 13.6. The molecule has 0 aliphatic carbocycles. The second kappa shape index (κ2) is 7.40. The molecule has 1 fully saturated rings. The van der Waals surface area contributed by atoms with Gasteiger partial charge in [0, 0.05) is 32.7 Å². The molecule has 1 atom stereocenters. The minimum Gasteiger partial charge on any atom is -0.345 e. The highest BCUT2D eigenvalue weighted by atomic mass is 16.2. The van der Waals surface area contributed by atoms with Crippen LogP contribution >= 0.6 is 0 Å². The topological polar surface area (TPSA) is 52.7 Å². The maximum atomic E-state index is 12.4. The van der Waals surface area contributed by atoms with Crippen LogP contribution in [-0.4, -0.2) is 54.8 Å². The lowest BCUT2D eigenvalue weighted by molar-refractivity contribution is -0.133. The van der Waals surface area contributed by atoms with Gasteiger partial charge in [-0.3, -0.25) is 9.59 Å². The van der Waals surface area contributed by atoms with E-state index in [0.29, 0.717) is 18.7 Å². The van der Waals surface area contributed by atoms with Crippen molar-refractivity contribution in [2.75, 3.05) is 27.2 Å². The average Bonchev–Trinajstić information content (AvgIpc) is 3.06. The molecule has 120 valence electrons. The van der Waals surface area contributed by atoms with Gasteiger partial charge < -0.3 is 15.1 Å². The lowest BCUT2D eigenvalue weighted by atomic mass is 10.1. The summed E-state index contributed by atoms with van der Waals surface area (Å²) in [4.78, 5) is 27.7. The van der Waals surface area contributed by atoms with Gasteiger partial charge in [-0.05, 0) is 44.0 Å². The van der Waals surface area contributed by atoms with Crippen molar-refractivity contribution < 1.29 is 9.59 Å². The van der Waals surface area contributed by atoms with Gasteiger partial charge >= 0.3 is 0 Å². The maximum Gasteiger partial charge on any atom is 0.253 e. The second-order valence-corrected chi connectivity index (χ2v) is 5.90. The summed E-state index contributed by atoms with van der Waals surface area (Å²) in [6, 6.07) is 7.46. The van der Waals surface area contributed by atoms with Crippen molar-refractivity contribution in [2.45, 2.75) is 32.4 Å². The van der Waals surface area contributed by atoms with Crippen LogP contribution in [0.3, 0.4) is 0 Å². The van der Waals surface area contributed by atoms with Crippen LogP contribution in [0.5, 0.6) is 0 Å². The Morgan fingerprint density at radius 1 is 1.23 bits per heavy atom. The highest BCUT2D eigenvalue weighted by molar-refractivity contribution is 5.93. The van der Waals surface area contributed by atoms with Crippen molar-refractivity contribution in [1.29, 1.82) is 0 Å². The monoisotopic (exact) mass is 303 g/mol. The van der Waals surface area contributed by atoms with E-state index in [2.05, 4.69) is 5.32 Å². The van der Waals surface area contributed by atoms with Crippen molar-refractivity contribution in [2.24, 2.45) is 0 Å². The van der Waals surface area contributed by atoms with Gasteiger partial charge in [0.1, 0.15) is 0 Å². The van der Waals surface area contributed by atoms with Gasteiger partial charge in [0.15, 0.2) is 0 Å². The van der Waals surface area contributed by atoms with E-state index in [1.54, 1.807) is 19.0 Å². The van der Waals surface area contributed by atoms with Gasteiger partial charge in [0.05, 0.1) is 6.04 Å². The molecule has 1 aromatic carbocycles. The molecule has 1 saturated heterocycles. The SMILES string of the molecule is CCN(Cc1ccc(C(=O)N(C)C)cc1)C(=O)C1CCCN1. The lowest BCUT2D eigenvalue weighted by Gasteiger charge is -2.24. The summed E-state index contributed by atoms with van der Waals surface area (Å²) in [6.07, 6.45) is 1.99. The molecule has 5 nitrogen and oxygen atoms in total. The van der Waals surface area contributed by atoms with Crippen molar-refractivity contribution in [1.82, 2.24) is 15.1 Å². The number of carbonyl (C=O) groups excluding carboxylic acids is 2. The Balaban J connectivity index is 2.01. The van der Waals surface area contributed by atoms with E-state index in [4.69, 9.17) is 0 Å². The first-order valence-corrected chi connectivity index (χ1v) is 7.85. The number of likely N-dealkylation sites (N-methyl/N-ethyl adjacent to an activating group) is 1. The fraction of sp³-hybridized carbons (Fsp3) is 0.529. The summed E-state index contributed by atoms with van der Waals surface area (Å²) >= 11 is 0. The normalized spacial score (nSPS) is 17.3. The first-order chi connectivity index (χ1) is 10.5. The third-order valence-corrected chi connectivity index (χ3v) is 4.03. The third-order valence-electron chi connectivity index (χ3n) is 4.03. The van der Waals surface area contributed by atoms with Crippen LogP contribution in [0.15, 0.2) is 24.3 Å². The molecule has 2 amide bonds. The fourth-order valence-electron chi connectivity index (χ4n) is 2.69. The van der Waals surface area contributed by atoms with Gasteiger partial charge in [-0.2, -0.15) is 0 Å². The van der Waals surface area contributed by atoms with Crippen LogP contribution in [0.4, 0.5) is 0 Å².